The van der Waals surface area contributed by atoms with Gasteiger partial charge in [0, 0.05) is 61.6 Å². The lowest BCUT2D eigenvalue weighted by Gasteiger charge is -2.41. The number of likely N-dealkylation sites (tertiary alicyclic amines) is 1. The summed E-state index contributed by atoms with van der Waals surface area (Å²) in [5.74, 6) is 0.471. The Bertz CT molecular complexity index is 964. The summed E-state index contributed by atoms with van der Waals surface area (Å²) in [5, 5.41) is 26.2. The number of thiazole rings is 1. The van der Waals surface area contributed by atoms with E-state index in [4.69, 9.17) is 5.26 Å². The van der Waals surface area contributed by atoms with Crippen LogP contribution in [0.5, 0.6) is 0 Å². The van der Waals surface area contributed by atoms with E-state index < -0.39 is 6.35 Å². The molecule has 0 bridgehead atoms. The summed E-state index contributed by atoms with van der Waals surface area (Å²) < 4.78 is 0. The molecule has 0 radical (unpaired) electrons. The molecule has 2 saturated heterocycles. The average Bonchev–Trinajstić information content (AvgIpc) is 3.33. The number of nitriles is 1. The van der Waals surface area contributed by atoms with E-state index >= 15 is 0 Å². The maximum absolute atomic E-state index is 11.2. The summed E-state index contributed by atoms with van der Waals surface area (Å²) in [6, 6.07) is 2.23. The number of nitrogens with one attached hydrogen (secondary N) is 2. The Kier molecular flexibility index (Phi) is 6.27. The first kappa shape index (κ1) is 21.7. The van der Waals surface area contributed by atoms with Crippen molar-refractivity contribution in [3.05, 3.63) is 34.9 Å². The zero-order valence-corrected chi connectivity index (χ0v) is 18.4. The minimum atomic E-state index is -0.745. The predicted octanol–water partition coefficient (Wildman–Crippen LogP) is 1.04. The second kappa shape index (κ2) is 8.94. The average molecular weight is 443 g/mol. The normalized spacial score (nSPS) is 22.3. The van der Waals surface area contributed by atoms with Gasteiger partial charge in [-0.25, -0.2) is 15.0 Å². The van der Waals surface area contributed by atoms with Crippen LogP contribution in [0.4, 0.5) is 5.13 Å². The second-order valence-corrected chi connectivity index (χ2v) is 9.23. The van der Waals surface area contributed by atoms with E-state index in [-0.39, 0.29) is 17.5 Å². The quantitative estimate of drug-likeness (QED) is 0.622. The van der Waals surface area contributed by atoms with Crippen LogP contribution >= 0.6 is 11.3 Å². The van der Waals surface area contributed by atoms with E-state index in [0.29, 0.717) is 29.6 Å². The number of rotatable bonds is 5. The number of aliphatic hydroxyl groups is 1. The molecule has 4 heterocycles. The highest BCUT2D eigenvalue weighted by Crippen LogP contribution is 2.35. The van der Waals surface area contributed by atoms with E-state index in [1.807, 2.05) is 17.2 Å². The van der Waals surface area contributed by atoms with Gasteiger partial charge < -0.3 is 10.4 Å². The van der Waals surface area contributed by atoms with Crippen molar-refractivity contribution in [3.63, 3.8) is 0 Å². The van der Waals surface area contributed by atoms with Gasteiger partial charge in [0.15, 0.2) is 11.5 Å². The molecule has 2 aliphatic heterocycles. The first-order chi connectivity index (χ1) is 14.9. The van der Waals surface area contributed by atoms with E-state index in [1.54, 1.807) is 0 Å². The molecule has 2 aliphatic rings. The van der Waals surface area contributed by atoms with Gasteiger partial charge in [0.2, 0.25) is 5.91 Å². The molecule has 2 aromatic heterocycles. The Morgan fingerprint density at radius 2 is 2.10 bits per heavy atom. The van der Waals surface area contributed by atoms with Crippen LogP contribution in [-0.4, -0.2) is 67.3 Å². The lowest BCUT2D eigenvalue weighted by atomic mass is 9.87. The molecule has 0 aromatic carbocycles. The zero-order valence-electron chi connectivity index (χ0n) is 17.6. The Morgan fingerprint density at radius 3 is 2.74 bits per heavy atom. The molecule has 2 atom stereocenters. The van der Waals surface area contributed by atoms with Crippen molar-refractivity contribution in [2.24, 2.45) is 0 Å². The Balaban J connectivity index is 1.33. The molecule has 4 rings (SSSR count). The fraction of sp³-hybridized carbons (Fsp3) is 0.550. The maximum atomic E-state index is 11.2. The van der Waals surface area contributed by atoms with Gasteiger partial charge >= 0.3 is 0 Å². The van der Waals surface area contributed by atoms with Gasteiger partial charge in [0.05, 0.1) is 12.1 Å². The van der Waals surface area contributed by atoms with Gasteiger partial charge in [-0.1, -0.05) is 0 Å². The molecule has 1 spiro atoms. The number of hydrogen-bond acceptors (Lipinski definition) is 10. The maximum Gasteiger partial charge on any atom is 0.223 e. The Labute approximate surface area is 184 Å². The molecule has 2 fully saturated rings. The van der Waals surface area contributed by atoms with Crippen LogP contribution in [0.2, 0.25) is 0 Å². The highest BCUT2D eigenvalue weighted by molar-refractivity contribution is 7.15. The number of aliphatic hydroxyl groups excluding tert-OH is 1. The number of carbonyl (C=O) groups excluding carboxylic acids is 1. The minimum Gasteiger partial charge on any atom is -0.365 e. The van der Waals surface area contributed by atoms with Crippen LogP contribution in [-0.2, 0) is 11.3 Å². The van der Waals surface area contributed by atoms with Gasteiger partial charge in [-0.2, -0.15) is 5.26 Å². The lowest BCUT2D eigenvalue weighted by Crippen LogP contribution is -2.53. The van der Waals surface area contributed by atoms with Crippen molar-refractivity contribution in [2.45, 2.75) is 51.2 Å². The highest BCUT2D eigenvalue weighted by Gasteiger charge is 2.45. The molecule has 164 valence electrons. The summed E-state index contributed by atoms with van der Waals surface area (Å²) in [6.45, 7) is 6.58. The molecule has 11 heteroatoms. The summed E-state index contributed by atoms with van der Waals surface area (Å²) in [5.41, 5.74) is 0.282. The van der Waals surface area contributed by atoms with Crippen LogP contribution in [0.15, 0.2) is 18.6 Å². The molecule has 2 aromatic rings. The minimum absolute atomic E-state index is 0.115. The fourth-order valence-electron chi connectivity index (χ4n) is 4.21. The smallest absolute Gasteiger partial charge is 0.223 e. The molecule has 0 aliphatic carbocycles. The van der Waals surface area contributed by atoms with E-state index in [1.165, 1.54) is 30.7 Å². The SMILES string of the molecule is CC(=O)Nc1ncc([C@H](C)N2CCC3(CC2)CN(Cc2ncc(C#N)cn2)C(O)N3)s1. The summed E-state index contributed by atoms with van der Waals surface area (Å²) in [6.07, 6.45) is 5.93. The second-order valence-electron chi connectivity index (χ2n) is 8.16. The van der Waals surface area contributed by atoms with Crippen molar-refractivity contribution in [3.8, 4) is 6.07 Å². The van der Waals surface area contributed by atoms with Crippen molar-refractivity contribution in [1.29, 1.82) is 5.26 Å². The van der Waals surface area contributed by atoms with Crippen molar-refractivity contribution in [2.75, 3.05) is 25.0 Å². The van der Waals surface area contributed by atoms with Gasteiger partial charge in [-0.05, 0) is 19.8 Å². The molecule has 0 saturated carbocycles. The molecule has 3 N–H and O–H groups in total. The van der Waals surface area contributed by atoms with Crippen molar-refractivity contribution < 1.29 is 9.90 Å². The Hall–Kier alpha value is -2.49. The molecular formula is C20H26N8O2S. The van der Waals surface area contributed by atoms with Crippen LogP contribution in [0, 0.1) is 11.3 Å². The number of piperidine rings is 1. The Morgan fingerprint density at radius 1 is 1.39 bits per heavy atom. The number of carbonyl (C=O) groups is 1. The standard InChI is InChI=1S/C20H26N8O2S/c1-13(16-10-24-18(31-16)25-14(2)29)27-5-3-20(4-6-27)12-28(19(30)26-20)11-17-22-8-15(7-21)9-23-17/h8-10,13,19,26,30H,3-6,11-12H2,1-2H3,(H,24,25,29)/t13-,19?/m0/s1. The van der Waals surface area contributed by atoms with E-state index in [9.17, 15) is 9.90 Å². The third-order valence-electron chi connectivity index (χ3n) is 5.99. The lowest BCUT2D eigenvalue weighted by molar-refractivity contribution is -0.114. The molecule has 10 nitrogen and oxygen atoms in total. The van der Waals surface area contributed by atoms with E-state index in [0.717, 1.165) is 30.8 Å². The molecule has 1 amide bonds. The summed E-state index contributed by atoms with van der Waals surface area (Å²) in [7, 11) is 0. The van der Waals surface area contributed by atoms with Gasteiger partial charge in [0.25, 0.3) is 0 Å². The van der Waals surface area contributed by atoms with Crippen molar-refractivity contribution >= 4 is 22.4 Å². The summed E-state index contributed by atoms with van der Waals surface area (Å²) in [4.78, 5) is 29.4. The third kappa shape index (κ3) is 4.89. The predicted molar refractivity (Wildman–Crippen MR) is 115 cm³/mol. The first-order valence-corrected chi connectivity index (χ1v) is 11.1. The number of hydrogen-bond donors (Lipinski definition) is 3. The zero-order chi connectivity index (χ0) is 22.0. The number of aromatic nitrogens is 3. The molecule has 31 heavy (non-hydrogen) atoms. The number of anilines is 1. The van der Waals surface area contributed by atoms with E-state index in [2.05, 4.69) is 37.4 Å². The van der Waals surface area contributed by atoms with Crippen LogP contribution < -0.4 is 10.6 Å². The van der Waals surface area contributed by atoms with Crippen molar-refractivity contribution in [1.82, 2.24) is 30.1 Å². The highest BCUT2D eigenvalue weighted by atomic mass is 32.1. The largest absolute Gasteiger partial charge is 0.365 e. The fourth-order valence-corrected chi connectivity index (χ4v) is 5.16. The van der Waals surface area contributed by atoms with Gasteiger partial charge in [0.1, 0.15) is 11.9 Å². The summed E-state index contributed by atoms with van der Waals surface area (Å²) >= 11 is 1.51. The topological polar surface area (TPSA) is 130 Å². The molecule has 1 unspecified atom stereocenters. The number of nitrogens with zero attached hydrogens (tertiary/aromatic N) is 6. The van der Waals surface area contributed by atoms with Gasteiger partial charge in [-0.15, -0.1) is 11.3 Å². The first-order valence-electron chi connectivity index (χ1n) is 10.3. The molecular weight excluding hydrogens is 416 g/mol. The van der Waals surface area contributed by atoms with Crippen LogP contribution in [0.3, 0.4) is 0 Å². The third-order valence-corrected chi connectivity index (χ3v) is 7.07. The monoisotopic (exact) mass is 442 g/mol. The number of amides is 1. The van der Waals surface area contributed by atoms with Gasteiger partial charge in [-0.3, -0.25) is 19.9 Å². The van der Waals surface area contributed by atoms with Crippen LogP contribution in [0.25, 0.3) is 0 Å². The van der Waals surface area contributed by atoms with Crippen LogP contribution in [0.1, 0.15) is 49.0 Å².